The fraction of sp³-hybridized carbons (Fsp3) is 0.412. The average Bonchev–Trinajstić information content (AvgIpc) is 3.05. The van der Waals surface area contributed by atoms with Crippen molar-refractivity contribution in [3.05, 3.63) is 39.6 Å². The van der Waals surface area contributed by atoms with E-state index in [9.17, 15) is 9.59 Å². The zero-order valence-electron chi connectivity index (χ0n) is 14.4. The van der Waals surface area contributed by atoms with Gasteiger partial charge in [0.15, 0.2) is 5.15 Å². The van der Waals surface area contributed by atoms with E-state index >= 15 is 0 Å². The molecule has 0 atom stereocenters. The first kappa shape index (κ1) is 18.8. The Morgan fingerprint density at radius 2 is 2.12 bits per heavy atom. The highest BCUT2D eigenvalue weighted by molar-refractivity contribution is 7.11. The Hall–Kier alpha value is -2.03. The van der Waals surface area contributed by atoms with Crippen molar-refractivity contribution in [2.24, 2.45) is 0 Å². The lowest BCUT2D eigenvalue weighted by molar-refractivity contribution is -0.117. The van der Waals surface area contributed by atoms with E-state index in [-0.39, 0.29) is 23.0 Å². The molecule has 0 radical (unpaired) electrons. The van der Waals surface area contributed by atoms with Gasteiger partial charge < -0.3 is 10.6 Å². The van der Waals surface area contributed by atoms with Gasteiger partial charge in [-0.2, -0.15) is 0 Å². The number of piperidine rings is 1. The lowest BCUT2D eigenvalue weighted by Crippen LogP contribution is -2.46. The minimum atomic E-state index is -0.123. The van der Waals surface area contributed by atoms with Crippen molar-refractivity contribution in [3.8, 4) is 0 Å². The summed E-state index contributed by atoms with van der Waals surface area (Å²) in [5.74, 6) is -0.185. The Morgan fingerprint density at radius 1 is 1.35 bits per heavy atom. The number of aromatic nitrogens is 2. The molecule has 7 nitrogen and oxygen atoms in total. The summed E-state index contributed by atoms with van der Waals surface area (Å²) in [6.45, 7) is 3.63. The van der Waals surface area contributed by atoms with E-state index in [0.29, 0.717) is 17.1 Å². The molecule has 0 saturated carbocycles. The van der Waals surface area contributed by atoms with E-state index in [4.69, 9.17) is 11.6 Å². The van der Waals surface area contributed by atoms with Gasteiger partial charge in [-0.05, 0) is 31.9 Å². The molecular formula is C17H20ClN5O2S. The number of thiazole rings is 1. The Labute approximate surface area is 160 Å². The average molecular weight is 394 g/mol. The first-order chi connectivity index (χ1) is 12.5. The maximum atomic E-state index is 12.3. The van der Waals surface area contributed by atoms with Gasteiger partial charge in [0, 0.05) is 25.3 Å². The molecule has 2 amide bonds. The highest BCUT2D eigenvalue weighted by atomic mass is 35.5. The van der Waals surface area contributed by atoms with Gasteiger partial charge in [0.1, 0.15) is 4.88 Å². The SMILES string of the molecule is Cc1ncsc1C(=O)NC1CCN(CC(=O)Nc2cccnc2Cl)CC1. The van der Waals surface area contributed by atoms with E-state index in [0.717, 1.165) is 31.6 Å². The molecule has 2 N–H and O–H groups in total. The summed E-state index contributed by atoms with van der Waals surface area (Å²) < 4.78 is 0. The second-order valence-electron chi connectivity index (χ2n) is 6.18. The molecule has 2 aromatic heterocycles. The van der Waals surface area contributed by atoms with Crippen LogP contribution < -0.4 is 10.6 Å². The third kappa shape index (κ3) is 4.78. The molecule has 1 aliphatic rings. The van der Waals surface area contributed by atoms with Crippen molar-refractivity contribution in [1.82, 2.24) is 20.2 Å². The number of carbonyl (C=O) groups excluding carboxylic acids is 2. The molecular weight excluding hydrogens is 374 g/mol. The van der Waals surface area contributed by atoms with Crippen LogP contribution in [0.4, 0.5) is 5.69 Å². The number of nitrogens with zero attached hydrogens (tertiary/aromatic N) is 3. The molecule has 26 heavy (non-hydrogen) atoms. The molecule has 3 heterocycles. The van der Waals surface area contributed by atoms with Crippen LogP contribution in [0.5, 0.6) is 0 Å². The molecule has 0 aromatic carbocycles. The van der Waals surface area contributed by atoms with E-state index in [2.05, 4.69) is 25.5 Å². The first-order valence-electron chi connectivity index (χ1n) is 8.36. The molecule has 0 aliphatic carbocycles. The van der Waals surface area contributed by atoms with Crippen molar-refractivity contribution < 1.29 is 9.59 Å². The largest absolute Gasteiger partial charge is 0.348 e. The van der Waals surface area contributed by atoms with Gasteiger partial charge in [0.25, 0.3) is 5.91 Å². The van der Waals surface area contributed by atoms with Gasteiger partial charge in [-0.1, -0.05) is 11.6 Å². The Balaban J connectivity index is 1.44. The number of hydrogen-bond acceptors (Lipinski definition) is 6. The summed E-state index contributed by atoms with van der Waals surface area (Å²) in [5.41, 5.74) is 2.96. The molecule has 9 heteroatoms. The number of pyridine rings is 1. The summed E-state index contributed by atoms with van der Waals surface area (Å²) >= 11 is 7.30. The second-order valence-corrected chi connectivity index (χ2v) is 7.39. The number of likely N-dealkylation sites (tertiary alicyclic amines) is 1. The van der Waals surface area contributed by atoms with E-state index in [1.807, 2.05) is 6.92 Å². The van der Waals surface area contributed by atoms with Gasteiger partial charge in [0.2, 0.25) is 5.91 Å². The summed E-state index contributed by atoms with van der Waals surface area (Å²) in [7, 11) is 0. The van der Waals surface area contributed by atoms with Gasteiger partial charge in [-0.25, -0.2) is 9.97 Å². The molecule has 1 aliphatic heterocycles. The van der Waals surface area contributed by atoms with Crippen molar-refractivity contribution in [2.75, 3.05) is 25.0 Å². The van der Waals surface area contributed by atoms with Crippen LogP contribution in [-0.4, -0.2) is 52.4 Å². The summed E-state index contributed by atoms with van der Waals surface area (Å²) in [4.78, 5) is 35.2. The molecule has 0 unspecified atom stereocenters. The third-order valence-corrected chi connectivity index (χ3v) is 5.50. The topological polar surface area (TPSA) is 87.2 Å². The summed E-state index contributed by atoms with van der Waals surface area (Å²) in [6, 6.07) is 3.56. The lowest BCUT2D eigenvalue weighted by Gasteiger charge is -2.31. The zero-order chi connectivity index (χ0) is 18.5. The highest BCUT2D eigenvalue weighted by Gasteiger charge is 2.23. The van der Waals surface area contributed by atoms with Gasteiger partial charge >= 0.3 is 0 Å². The summed E-state index contributed by atoms with van der Waals surface area (Å²) in [5, 5.41) is 6.12. The van der Waals surface area contributed by atoms with Crippen LogP contribution in [0.1, 0.15) is 28.2 Å². The monoisotopic (exact) mass is 393 g/mol. The number of aryl methyl sites for hydroxylation is 1. The Bertz CT molecular complexity index is 789. The van der Waals surface area contributed by atoms with Crippen LogP contribution in [0.2, 0.25) is 5.15 Å². The minimum absolute atomic E-state index is 0.0626. The second kappa shape index (κ2) is 8.57. The van der Waals surface area contributed by atoms with Crippen LogP contribution >= 0.6 is 22.9 Å². The molecule has 0 spiro atoms. The van der Waals surface area contributed by atoms with E-state index in [1.54, 1.807) is 23.8 Å². The normalized spacial score (nSPS) is 15.6. The van der Waals surface area contributed by atoms with Crippen LogP contribution in [0.3, 0.4) is 0 Å². The Kier molecular flexibility index (Phi) is 6.18. The number of nitrogens with one attached hydrogen (secondary N) is 2. The van der Waals surface area contributed by atoms with Crippen molar-refractivity contribution in [2.45, 2.75) is 25.8 Å². The Morgan fingerprint density at radius 3 is 2.77 bits per heavy atom. The van der Waals surface area contributed by atoms with Crippen molar-refractivity contribution in [3.63, 3.8) is 0 Å². The number of anilines is 1. The number of halogens is 1. The maximum Gasteiger partial charge on any atom is 0.263 e. The molecule has 3 rings (SSSR count). The molecule has 1 saturated heterocycles. The molecule has 2 aromatic rings. The van der Waals surface area contributed by atoms with Crippen molar-refractivity contribution in [1.29, 1.82) is 0 Å². The van der Waals surface area contributed by atoms with Crippen LogP contribution in [0.25, 0.3) is 0 Å². The quantitative estimate of drug-likeness (QED) is 0.761. The maximum absolute atomic E-state index is 12.3. The highest BCUT2D eigenvalue weighted by Crippen LogP contribution is 2.18. The molecule has 138 valence electrons. The zero-order valence-corrected chi connectivity index (χ0v) is 15.9. The minimum Gasteiger partial charge on any atom is -0.348 e. The summed E-state index contributed by atoms with van der Waals surface area (Å²) in [6.07, 6.45) is 3.19. The lowest BCUT2D eigenvalue weighted by atomic mass is 10.0. The van der Waals surface area contributed by atoms with Crippen LogP contribution in [0, 0.1) is 6.92 Å². The van der Waals surface area contributed by atoms with Crippen LogP contribution in [0.15, 0.2) is 23.8 Å². The van der Waals surface area contributed by atoms with Gasteiger partial charge in [-0.3, -0.25) is 14.5 Å². The number of rotatable bonds is 5. The fourth-order valence-electron chi connectivity index (χ4n) is 2.88. The fourth-order valence-corrected chi connectivity index (χ4v) is 3.75. The number of carbonyl (C=O) groups is 2. The van der Waals surface area contributed by atoms with Gasteiger partial charge in [0.05, 0.1) is 23.4 Å². The van der Waals surface area contributed by atoms with E-state index in [1.165, 1.54) is 11.3 Å². The van der Waals surface area contributed by atoms with Gasteiger partial charge in [-0.15, -0.1) is 11.3 Å². The third-order valence-electron chi connectivity index (χ3n) is 4.27. The molecule has 1 fully saturated rings. The van der Waals surface area contributed by atoms with Crippen LogP contribution in [-0.2, 0) is 4.79 Å². The molecule has 0 bridgehead atoms. The first-order valence-corrected chi connectivity index (χ1v) is 9.62. The predicted octanol–water partition coefficient (Wildman–Crippen LogP) is 2.33. The number of hydrogen-bond donors (Lipinski definition) is 2. The smallest absolute Gasteiger partial charge is 0.263 e. The van der Waals surface area contributed by atoms with E-state index < -0.39 is 0 Å². The van der Waals surface area contributed by atoms with Crippen molar-refractivity contribution >= 4 is 40.4 Å². The predicted molar refractivity (Wildman–Crippen MR) is 102 cm³/mol. The standard InChI is InChI=1S/C17H20ClN5O2S/c1-11-15(26-10-20-11)17(25)21-12-4-7-23(8-5-12)9-14(24)22-13-3-2-6-19-16(13)18/h2-3,6,10,12H,4-5,7-9H2,1H3,(H,21,25)(H,22,24). The number of amides is 2.